The molecule has 0 saturated heterocycles. The normalized spacial score (nSPS) is 11.2. The largest absolute Gasteiger partial charge is 2.00 e. The molecule has 0 bridgehead atoms. The van der Waals surface area contributed by atoms with Gasteiger partial charge in [0, 0.05) is 0 Å². The van der Waals surface area contributed by atoms with Crippen LogP contribution in [0.3, 0.4) is 0 Å². The van der Waals surface area contributed by atoms with Crippen molar-refractivity contribution in [1.29, 1.82) is 0 Å². The van der Waals surface area contributed by atoms with Gasteiger partial charge in [0.2, 0.25) is 0 Å². The van der Waals surface area contributed by atoms with Gasteiger partial charge in [0.25, 0.3) is 0 Å². The van der Waals surface area contributed by atoms with Crippen LogP contribution in [0.4, 0.5) is 0 Å². The van der Waals surface area contributed by atoms with Crippen LogP contribution in [0.5, 0.6) is 0 Å². The van der Waals surface area contributed by atoms with Crippen molar-refractivity contribution in [1.82, 2.24) is 0 Å². The molecule has 0 saturated carbocycles. The van der Waals surface area contributed by atoms with Crippen molar-refractivity contribution >= 4 is 59.3 Å². The van der Waals surface area contributed by atoms with Crippen LogP contribution in [-0.4, -0.2) is 68.5 Å². The molecule has 0 amide bonds. The molecule has 0 rings (SSSR count). The molecule has 0 radical (unpaired) electrons. The fraction of sp³-hybridized carbons (Fsp3) is 1.00. The number of unbranched alkanes of at least 4 members (excludes halogenated alkanes) is 9. The third-order valence-electron chi connectivity index (χ3n) is 2.73. The molecule has 4 nitrogen and oxygen atoms in total. The summed E-state index contributed by atoms with van der Waals surface area (Å²) in [5.74, 6) is 0. The van der Waals surface area contributed by atoms with Gasteiger partial charge in [-0.05, 0) is 6.42 Å². The summed E-state index contributed by atoms with van der Waals surface area (Å²) in [5.41, 5.74) is 0. The van der Waals surface area contributed by atoms with Gasteiger partial charge in [0.15, 0.2) is 0 Å². The third kappa shape index (κ3) is 19.8. The Morgan fingerprint density at radius 1 is 0.889 bits per heavy atom. The van der Waals surface area contributed by atoms with Gasteiger partial charge in [-0.3, -0.25) is 4.55 Å². The molecule has 0 aliphatic rings. The van der Waals surface area contributed by atoms with Crippen LogP contribution < -0.4 is 0 Å². The molecule has 0 fully saturated rings. The molecule has 18 heavy (non-hydrogen) atoms. The van der Waals surface area contributed by atoms with E-state index in [0.29, 0.717) is 6.42 Å². The molecule has 0 aromatic carbocycles. The summed E-state index contributed by atoms with van der Waals surface area (Å²) in [4.78, 5) is 0. The Balaban J connectivity index is -0.000000427. The Bertz CT molecular complexity index is 264. The summed E-state index contributed by atoms with van der Waals surface area (Å²) in [6.45, 7) is 2.31. The fourth-order valence-corrected chi connectivity index (χ4v) is 2.08. The van der Waals surface area contributed by atoms with Crippen LogP contribution in [0.1, 0.15) is 74.0 Å². The Morgan fingerprint density at radius 2 is 1.28 bits per heavy atom. The van der Waals surface area contributed by atoms with Crippen LogP contribution in [0.25, 0.3) is 0 Å². The number of rotatable bonds is 12. The fourth-order valence-electron chi connectivity index (χ4n) is 1.75. The summed E-state index contributed by atoms with van der Waals surface area (Å²) in [7, 11) is -4.23. The predicted molar refractivity (Wildman–Crippen MR) is 77.3 cm³/mol. The van der Waals surface area contributed by atoms with Gasteiger partial charge in [-0.2, -0.15) is 8.42 Å². The van der Waals surface area contributed by atoms with E-state index >= 15 is 0 Å². The van der Waals surface area contributed by atoms with Crippen molar-refractivity contribution < 1.29 is 20.0 Å². The van der Waals surface area contributed by atoms with Crippen molar-refractivity contribution in [3.63, 3.8) is 0 Å². The molecule has 0 spiro atoms. The van der Waals surface area contributed by atoms with Crippen LogP contribution in [0.15, 0.2) is 0 Å². The van der Waals surface area contributed by atoms with Gasteiger partial charge in [0.1, 0.15) is 0 Å². The minimum Gasteiger partial charge on any atom is -1.00 e. The number of hydrogen-bond donors (Lipinski definition) is 1. The monoisotopic (exact) mass is 406 g/mol. The molecule has 0 unspecified atom stereocenters. The second-order valence-corrected chi connectivity index (χ2v) is 5.52. The Morgan fingerprint density at radius 3 is 1.67 bits per heavy atom. The van der Waals surface area contributed by atoms with E-state index in [9.17, 15) is 8.42 Å². The molecule has 0 heterocycles. The average molecular weight is 406 g/mol. The summed E-state index contributed by atoms with van der Waals surface area (Å²) in [6.07, 6.45) is 11.9. The van der Waals surface area contributed by atoms with Crippen molar-refractivity contribution in [3.05, 3.63) is 0 Å². The Labute approximate surface area is 155 Å². The first-order valence-corrected chi connectivity index (χ1v) is 8.04. The second kappa shape index (κ2) is 14.8. The molecule has 0 aliphatic heterocycles. The maximum Gasteiger partial charge on any atom is 2.00 e. The maximum atomic E-state index is 10.2. The van der Waals surface area contributed by atoms with Gasteiger partial charge in [-0.25, -0.2) is 4.18 Å². The van der Waals surface area contributed by atoms with E-state index in [1.54, 1.807) is 0 Å². The Hall–Kier alpha value is 1.44. The van der Waals surface area contributed by atoms with Crippen molar-refractivity contribution in [3.8, 4) is 0 Å². The molecule has 0 aromatic heterocycles. The van der Waals surface area contributed by atoms with Gasteiger partial charge in [-0.15, -0.1) is 0 Å². The zero-order chi connectivity index (χ0) is 13.0. The second-order valence-electron chi connectivity index (χ2n) is 4.43. The maximum absolute atomic E-state index is 10.2. The number of hydrogen-bond acceptors (Lipinski definition) is 3. The molecule has 108 valence electrons. The zero-order valence-electron chi connectivity index (χ0n) is 13.6. The van der Waals surface area contributed by atoms with Gasteiger partial charge in [0.05, 0.1) is 6.61 Å². The summed E-state index contributed by atoms with van der Waals surface area (Å²) < 4.78 is 33.0. The van der Waals surface area contributed by atoms with Crippen LogP contribution in [-0.2, 0) is 14.6 Å². The van der Waals surface area contributed by atoms with E-state index in [0.717, 1.165) is 12.8 Å². The van der Waals surface area contributed by atoms with Crippen LogP contribution in [0, 0.1) is 0 Å². The molecule has 0 aliphatic carbocycles. The zero-order valence-corrected chi connectivity index (χ0v) is 16.8. The summed E-state index contributed by atoms with van der Waals surface area (Å²) >= 11 is 0. The minimum absolute atomic E-state index is 0. The van der Waals surface area contributed by atoms with Crippen molar-refractivity contribution in [2.45, 2.75) is 71.1 Å². The quantitative estimate of drug-likeness (QED) is 0.306. The molecule has 1 N–H and O–H groups in total. The van der Waals surface area contributed by atoms with E-state index < -0.39 is 10.4 Å². The molecule has 6 heteroatoms. The molecule has 0 atom stereocenters. The SMILES string of the molecule is CCCCCCCCCCCCOS(=O)(=O)O.[Ba+2].[H-].[H-]. The topological polar surface area (TPSA) is 63.6 Å². The van der Waals surface area contributed by atoms with Crippen molar-refractivity contribution in [2.24, 2.45) is 0 Å². The van der Waals surface area contributed by atoms with Gasteiger partial charge >= 0.3 is 59.3 Å². The van der Waals surface area contributed by atoms with Gasteiger partial charge in [-0.1, -0.05) is 64.7 Å². The van der Waals surface area contributed by atoms with Crippen LogP contribution in [0.2, 0.25) is 0 Å². The average Bonchev–Trinajstić information content (AvgIpc) is 2.24. The standard InChI is InChI=1S/C12H26O4S.Ba.2H/c1-2-3-4-5-6-7-8-9-10-11-12-16-17(13,14)15;;;/h2-12H2,1H3,(H,13,14,15);;;/q;+2;2*-1. The van der Waals surface area contributed by atoms with Gasteiger partial charge < -0.3 is 2.85 Å². The van der Waals surface area contributed by atoms with Crippen molar-refractivity contribution in [2.75, 3.05) is 6.61 Å². The van der Waals surface area contributed by atoms with E-state index in [1.807, 2.05) is 0 Å². The first-order chi connectivity index (χ1) is 8.06. The Kier molecular flexibility index (Phi) is 17.9. The summed E-state index contributed by atoms with van der Waals surface area (Å²) in [5, 5.41) is 0. The molecular weight excluding hydrogens is 378 g/mol. The van der Waals surface area contributed by atoms with Crippen LogP contribution >= 0.6 is 0 Å². The van der Waals surface area contributed by atoms with E-state index in [4.69, 9.17) is 4.55 Å². The van der Waals surface area contributed by atoms with E-state index in [-0.39, 0.29) is 58.3 Å². The van der Waals surface area contributed by atoms with E-state index in [1.165, 1.54) is 44.9 Å². The minimum atomic E-state index is -4.23. The van der Waals surface area contributed by atoms with E-state index in [2.05, 4.69) is 11.1 Å². The first-order valence-electron chi connectivity index (χ1n) is 6.68. The predicted octanol–water partition coefficient (Wildman–Crippen LogP) is 3.57. The summed E-state index contributed by atoms with van der Waals surface area (Å²) in [6, 6.07) is 0. The first kappa shape index (κ1) is 21.7. The molecule has 0 aromatic rings. The third-order valence-corrected chi connectivity index (χ3v) is 3.19. The smallest absolute Gasteiger partial charge is 1.00 e. The molecular formula is C12H28BaO4S.